The zero-order valence-electron chi connectivity index (χ0n) is 19.1. The Morgan fingerprint density at radius 1 is 0.882 bits per heavy atom. The third-order valence-electron chi connectivity index (χ3n) is 7.02. The van der Waals surface area contributed by atoms with E-state index in [0.29, 0.717) is 29.7 Å². The van der Waals surface area contributed by atoms with Gasteiger partial charge in [0, 0.05) is 51.0 Å². The van der Waals surface area contributed by atoms with E-state index in [0.717, 1.165) is 47.5 Å². The molecule has 1 fully saturated rings. The second-order valence-electron chi connectivity index (χ2n) is 9.42. The van der Waals surface area contributed by atoms with Gasteiger partial charge in [-0.1, -0.05) is 66.4 Å². The number of hydrogen-bond acceptors (Lipinski definition) is 3. The molecule has 3 unspecified atom stereocenters. The lowest BCUT2D eigenvalue weighted by Gasteiger charge is -2.38. The topological polar surface area (TPSA) is 48.6 Å². The van der Waals surface area contributed by atoms with Gasteiger partial charge in [-0.3, -0.25) is 4.90 Å². The highest BCUT2D eigenvalue weighted by molar-refractivity contribution is 6.33. The predicted molar refractivity (Wildman–Crippen MR) is 141 cm³/mol. The van der Waals surface area contributed by atoms with Gasteiger partial charge in [0.05, 0.1) is 18.8 Å². The molecule has 3 aromatic carbocycles. The van der Waals surface area contributed by atoms with Crippen molar-refractivity contribution < 1.29 is 10.2 Å². The summed E-state index contributed by atoms with van der Waals surface area (Å²) in [5.74, 6) is 0. The average molecular weight is 497 g/mol. The van der Waals surface area contributed by atoms with E-state index in [1.165, 1.54) is 5.56 Å². The summed E-state index contributed by atoms with van der Waals surface area (Å²) in [5.41, 5.74) is 3.23. The van der Waals surface area contributed by atoms with Gasteiger partial charge in [0.1, 0.15) is 0 Å². The number of fused-ring (bicyclic) bond motifs is 3. The molecule has 0 amide bonds. The van der Waals surface area contributed by atoms with E-state index in [1.807, 2.05) is 54.6 Å². The summed E-state index contributed by atoms with van der Waals surface area (Å²) in [4.78, 5) is 2.27. The van der Waals surface area contributed by atoms with Crippen molar-refractivity contribution in [2.24, 2.45) is 0 Å². The van der Waals surface area contributed by atoms with Crippen molar-refractivity contribution >= 4 is 45.0 Å². The summed E-state index contributed by atoms with van der Waals surface area (Å²) in [5, 5.41) is 25.5. The van der Waals surface area contributed by atoms with Crippen molar-refractivity contribution in [2.75, 3.05) is 6.54 Å². The summed E-state index contributed by atoms with van der Waals surface area (Å²) in [7, 11) is 0. The van der Waals surface area contributed by atoms with Gasteiger partial charge in [-0.05, 0) is 54.8 Å². The standard InChI is InChI=1S/C28H30Cl2N2O2/c29-20-10-12-25-23(14-20)24-15-21(30)11-13-26(24)32(25)18-22(33)17-31(16-19-6-2-1-3-7-19)27-8-4-5-9-28(27)34/h1-3,6-7,10-15,22,27-28,33-34H,4-5,8-9,16-18H2. The molecule has 0 aliphatic heterocycles. The van der Waals surface area contributed by atoms with Crippen LogP contribution in [0.1, 0.15) is 31.2 Å². The number of aromatic nitrogens is 1. The fraction of sp³-hybridized carbons (Fsp3) is 0.357. The third kappa shape index (κ3) is 4.98. The SMILES string of the molecule is OC(CN(Cc1ccccc1)C1CCCCC1O)Cn1c2ccc(Cl)cc2c2cc(Cl)ccc21. The van der Waals surface area contributed by atoms with E-state index < -0.39 is 6.10 Å². The Morgan fingerprint density at radius 2 is 1.50 bits per heavy atom. The molecule has 5 rings (SSSR count). The molecule has 1 aliphatic rings. The fourth-order valence-corrected chi connectivity index (χ4v) is 5.78. The molecule has 0 radical (unpaired) electrons. The van der Waals surface area contributed by atoms with Gasteiger partial charge in [-0.15, -0.1) is 0 Å². The molecule has 3 atom stereocenters. The Labute approximate surface area is 210 Å². The highest BCUT2D eigenvalue weighted by Crippen LogP contribution is 2.33. The van der Waals surface area contributed by atoms with Crippen LogP contribution in [0.3, 0.4) is 0 Å². The quantitative estimate of drug-likeness (QED) is 0.317. The molecule has 1 heterocycles. The van der Waals surface area contributed by atoms with E-state index in [-0.39, 0.29) is 12.1 Å². The van der Waals surface area contributed by atoms with Crippen LogP contribution in [0.2, 0.25) is 10.0 Å². The third-order valence-corrected chi connectivity index (χ3v) is 7.49. The summed E-state index contributed by atoms with van der Waals surface area (Å²) in [6.07, 6.45) is 2.97. The molecule has 2 N–H and O–H groups in total. The number of aliphatic hydroxyl groups is 2. The summed E-state index contributed by atoms with van der Waals surface area (Å²) < 4.78 is 2.15. The van der Waals surface area contributed by atoms with Crippen molar-refractivity contribution in [2.45, 2.75) is 57.0 Å². The van der Waals surface area contributed by atoms with Crippen molar-refractivity contribution in [3.05, 3.63) is 82.3 Å². The number of benzene rings is 3. The van der Waals surface area contributed by atoms with Gasteiger partial charge in [-0.2, -0.15) is 0 Å². The molecule has 0 bridgehead atoms. The average Bonchev–Trinajstić information content (AvgIpc) is 3.11. The van der Waals surface area contributed by atoms with Gasteiger partial charge in [0.2, 0.25) is 0 Å². The van der Waals surface area contributed by atoms with Crippen LogP contribution < -0.4 is 0 Å². The van der Waals surface area contributed by atoms with E-state index in [4.69, 9.17) is 23.2 Å². The molecule has 6 heteroatoms. The first-order chi connectivity index (χ1) is 16.5. The Balaban J connectivity index is 1.44. The van der Waals surface area contributed by atoms with Crippen molar-refractivity contribution in [1.29, 1.82) is 0 Å². The number of nitrogens with zero attached hydrogens (tertiary/aromatic N) is 2. The highest BCUT2D eigenvalue weighted by Gasteiger charge is 2.30. The molecular formula is C28H30Cl2N2O2. The molecule has 4 nitrogen and oxygen atoms in total. The van der Waals surface area contributed by atoms with Crippen LogP contribution in [0.4, 0.5) is 0 Å². The van der Waals surface area contributed by atoms with Gasteiger partial charge < -0.3 is 14.8 Å². The van der Waals surface area contributed by atoms with Gasteiger partial charge in [-0.25, -0.2) is 0 Å². The normalized spacial score (nSPS) is 19.8. The molecule has 178 valence electrons. The maximum Gasteiger partial charge on any atom is 0.0846 e. The first-order valence-electron chi connectivity index (χ1n) is 12.0. The summed E-state index contributed by atoms with van der Waals surface area (Å²) in [6.45, 7) is 1.63. The number of hydrogen-bond donors (Lipinski definition) is 2. The minimum atomic E-state index is -0.608. The molecule has 1 aromatic heterocycles. The van der Waals surface area contributed by atoms with E-state index in [2.05, 4.69) is 21.6 Å². The number of aliphatic hydroxyl groups excluding tert-OH is 2. The van der Waals surface area contributed by atoms with Crippen LogP contribution in [0.5, 0.6) is 0 Å². The second kappa shape index (κ2) is 10.3. The maximum absolute atomic E-state index is 11.3. The second-order valence-corrected chi connectivity index (χ2v) is 10.3. The fourth-order valence-electron chi connectivity index (χ4n) is 5.44. The Hall–Kier alpha value is -2.08. The van der Waals surface area contributed by atoms with Crippen molar-refractivity contribution in [3.8, 4) is 0 Å². The van der Waals surface area contributed by atoms with Crippen LogP contribution in [0.25, 0.3) is 21.8 Å². The van der Waals surface area contributed by atoms with Crippen LogP contribution >= 0.6 is 23.2 Å². The lowest BCUT2D eigenvalue weighted by molar-refractivity contribution is -0.00857. The zero-order valence-corrected chi connectivity index (χ0v) is 20.6. The van der Waals surface area contributed by atoms with Gasteiger partial charge in [0.25, 0.3) is 0 Å². The van der Waals surface area contributed by atoms with Crippen molar-refractivity contribution in [1.82, 2.24) is 9.47 Å². The van der Waals surface area contributed by atoms with Crippen LogP contribution in [0.15, 0.2) is 66.7 Å². The van der Waals surface area contributed by atoms with E-state index in [1.54, 1.807) is 0 Å². The summed E-state index contributed by atoms with van der Waals surface area (Å²) in [6, 6.07) is 22.0. The molecule has 1 aliphatic carbocycles. The Bertz CT molecular complexity index is 1210. The van der Waals surface area contributed by atoms with Crippen LogP contribution in [-0.4, -0.2) is 44.5 Å². The van der Waals surface area contributed by atoms with Crippen LogP contribution in [0, 0.1) is 0 Å². The first kappa shape index (κ1) is 23.7. The molecule has 34 heavy (non-hydrogen) atoms. The lowest BCUT2D eigenvalue weighted by Crippen LogP contribution is -2.48. The van der Waals surface area contributed by atoms with E-state index >= 15 is 0 Å². The Kier molecular flexibility index (Phi) is 7.14. The zero-order chi connectivity index (χ0) is 23.7. The first-order valence-corrected chi connectivity index (χ1v) is 12.8. The van der Waals surface area contributed by atoms with Crippen molar-refractivity contribution in [3.63, 3.8) is 0 Å². The van der Waals surface area contributed by atoms with Gasteiger partial charge in [0.15, 0.2) is 0 Å². The summed E-state index contributed by atoms with van der Waals surface area (Å²) >= 11 is 12.6. The minimum Gasteiger partial charge on any atom is -0.391 e. The molecule has 0 saturated heterocycles. The smallest absolute Gasteiger partial charge is 0.0846 e. The highest BCUT2D eigenvalue weighted by atomic mass is 35.5. The monoisotopic (exact) mass is 496 g/mol. The maximum atomic E-state index is 11.3. The number of halogens is 2. The largest absolute Gasteiger partial charge is 0.391 e. The molecule has 1 saturated carbocycles. The predicted octanol–water partition coefficient (Wildman–Crippen LogP) is 6.27. The minimum absolute atomic E-state index is 0.0550. The van der Waals surface area contributed by atoms with Gasteiger partial charge >= 0.3 is 0 Å². The molecule has 0 spiro atoms. The number of rotatable bonds is 7. The molecule has 4 aromatic rings. The van der Waals surface area contributed by atoms with E-state index in [9.17, 15) is 10.2 Å². The van der Waals surface area contributed by atoms with Crippen LogP contribution in [-0.2, 0) is 13.1 Å². The Morgan fingerprint density at radius 3 is 2.12 bits per heavy atom. The lowest BCUT2D eigenvalue weighted by atomic mass is 9.90. The molecular weight excluding hydrogens is 467 g/mol.